The maximum absolute atomic E-state index is 5.98. The summed E-state index contributed by atoms with van der Waals surface area (Å²) < 4.78 is 7.00. The summed E-state index contributed by atoms with van der Waals surface area (Å²) in [6, 6.07) is 16.6. The zero-order valence-electron chi connectivity index (χ0n) is 12.1. The van der Waals surface area contributed by atoms with Crippen molar-refractivity contribution in [2.24, 2.45) is 0 Å². The summed E-state index contributed by atoms with van der Waals surface area (Å²) in [7, 11) is 0. The van der Waals surface area contributed by atoms with E-state index in [1.807, 2.05) is 30.0 Å². The van der Waals surface area contributed by atoms with Gasteiger partial charge in [0.05, 0.1) is 11.1 Å². The molecule has 0 bridgehead atoms. The second-order valence-electron chi connectivity index (χ2n) is 4.52. The molecule has 2 rings (SSSR count). The lowest BCUT2D eigenvalue weighted by atomic mass is 10.2. The van der Waals surface area contributed by atoms with Gasteiger partial charge in [-0.25, -0.2) is 0 Å². The molecule has 0 saturated heterocycles. The topological polar surface area (TPSA) is 21.3 Å². The van der Waals surface area contributed by atoms with Crippen LogP contribution >= 0.6 is 27.7 Å². The summed E-state index contributed by atoms with van der Waals surface area (Å²) in [4.78, 5) is 1.28. The summed E-state index contributed by atoms with van der Waals surface area (Å²) >= 11 is 5.39. The Hall–Kier alpha value is -0.970. The molecule has 21 heavy (non-hydrogen) atoms. The normalized spacial score (nSPS) is 10.6. The summed E-state index contributed by atoms with van der Waals surface area (Å²) in [5.41, 5.74) is 1.19. The highest BCUT2D eigenvalue weighted by atomic mass is 79.9. The lowest BCUT2D eigenvalue weighted by Crippen LogP contribution is -2.13. The molecule has 0 aromatic heterocycles. The van der Waals surface area contributed by atoms with E-state index in [0.717, 1.165) is 29.1 Å². The van der Waals surface area contributed by atoms with E-state index in [1.165, 1.54) is 10.5 Å². The number of halogens is 1. The molecule has 0 saturated carbocycles. The van der Waals surface area contributed by atoms with Crippen LogP contribution in [0.5, 0.6) is 5.75 Å². The predicted molar refractivity (Wildman–Crippen MR) is 94.2 cm³/mol. The molecular weight excluding hydrogens is 346 g/mol. The Morgan fingerprint density at radius 2 is 1.90 bits per heavy atom. The number of ether oxygens (including phenoxy) is 1. The van der Waals surface area contributed by atoms with Crippen molar-refractivity contribution < 1.29 is 4.74 Å². The Morgan fingerprint density at radius 3 is 2.67 bits per heavy atom. The number of hydrogen-bond acceptors (Lipinski definition) is 3. The summed E-state index contributed by atoms with van der Waals surface area (Å²) in [5.74, 6) is 1.89. The highest BCUT2D eigenvalue weighted by molar-refractivity contribution is 9.10. The van der Waals surface area contributed by atoms with Gasteiger partial charge in [-0.15, -0.1) is 11.8 Å². The van der Waals surface area contributed by atoms with Crippen LogP contribution in [0.4, 0.5) is 0 Å². The van der Waals surface area contributed by atoms with Crippen molar-refractivity contribution >= 4 is 27.7 Å². The van der Waals surface area contributed by atoms with Gasteiger partial charge in [0, 0.05) is 22.8 Å². The molecule has 2 nitrogen and oxygen atoms in total. The van der Waals surface area contributed by atoms with E-state index in [0.29, 0.717) is 6.61 Å². The molecule has 0 heterocycles. The molecule has 0 unspecified atom stereocenters. The molecule has 0 aliphatic heterocycles. The third kappa shape index (κ3) is 5.38. The monoisotopic (exact) mass is 365 g/mol. The van der Waals surface area contributed by atoms with Crippen molar-refractivity contribution in [3.8, 4) is 5.75 Å². The van der Waals surface area contributed by atoms with Crippen molar-refractivity contribution in [2.45, 2.75) is 18.4 Å². The minimum Gasteiger partial charge on any atom is -0.491 e. The van der Waals surface area contributed by atoms with Crippen LogP contribution in [0, 0.1) is 0 Å². The smallest absolute Gasteiger partial charge is 0.137 e. The second-order valence-corrected chi connectivity index (χ2v) is 6.54. The molecule has 0 atom stereocenters. The second kappa shape index (κ2) is 9.13. The van der Waals surface area contributed by atoms with Gasteiger partial charge in [0.1, 0.15) is 5.75 Å². The zero-order chi connectivity index (χ0) is 14.9. The van der Waals surface area contributed by atoms with Crippen molar-refractivity contribution in [3.05, 3.63) is 58.6 Å². The van der Waals surface area contributed by atoms with Gasteiger partial charge in [0.2, 0.25) is 0 Å². The summed E-state index contributed by atoms with van der Waals surface area (Å²) in [6.45, 7) is 4.59. The maximum Gasteiger partial charge on any atom is 0.137 e. The first kappa shape index (κ1) is 16.4. The van der Waals surface area contributed by atoms with Crippen molar-refractivity contribution in [1.29, 1.82) is 0 Å². The van der Waals surface area contributed by atoms with Crippen molar-refractivity contribution in [3.63, 3.8) is 0 Å². The van der Waals surface area contributed by atoms with E-state index >= 15 is 0 Å². The van der Waals surface area contributed by atoms with E-state index in [-0.39, 0.29) is 0 Å². The van der Waals surface area contributed by atoms with Crippen LogP contribution in [0.15, 0.2) is 57.9 Å². The Kier molecular flexibility index (Phi) is 7.13. The van der Waals surface area contributed by atoms with Crippen LogP contribution < -0.4 is 10.1 Å². The SMILES string of the molecule is CCNCc1cccc(Br)c1OCCSc1ccccc1. The van der Waals surface area contributed by atoms with Crippen LogP contribution in [0.2, 0.25) is 0 Å². The quantitative estimate of drug-likeness (QED) is 0.539. The van der Waals surface area contributed by atoms with E-state index in [1.54, 1.807) is 0 Å². The number of benzene rings is 2. The van der Waals surface area contributed by atoms with E-state index in [2.05, 4.69) is 58.5 Å². The fourth-order valence-corrected chi connectivity index (χ4v) is 3.21. The molecule has 0 radical (unpaired) electrons. The first-order valence-electron chi connectivity index (χ1n) is 7.10. The minimum absolute atomic E-state index is 0.696. The van der Waals surface area contributed by atoms with Crippen LogP contribution in [0.25, 0.3) is 0 Å². The van der Waals surface area contributed by atoms with E-state index in [9.17, 15) is 0 Å². The van der Waals surface area contributed by atoms with Gasteiger partial charge in [-0.3, -0.25) is 0 Å². The van der Waals surface area contributed by atoms with Gasteiger partial charge in [0.15, 0.2) is 0 Å². The number of para-hydroxylation sites is 1. The fourth-order valence-electron chi connectivity index (χ4n) is 1.93. The molecular formula is C17H20BrNOS. The number of nitrogens with one attached hydrogen (secondary N) is 1. The third-order valence-electron chi connectivity index (χ3n) is 2.96. The van der Waals surface area contributed by atoms with Gasteiger partial charge in [-0.1, -0.05) is 37.3 Å². The summed E-state index contributed by atoms with van der Waals surface area (Å²) in [5, 5.41) is 3.34. The minimum atomic E-state index is 0.696. The van der Waals surface area contributed by atoms with Crippen LogP contribution in [-0.2, 0) is 6.54 Å². The predicted octanol–water partition coefficient (Wildman–Crippen LogP) is 4.73. The number of rotatable bonds is 8. The molecule has 0 amide bonds. The molecule has 112 valence electrons. The van der Waals surface area contributed by atoms with Crippen LogP contribution in [0.3, 0.4) is 0 Å². The van der Waals surface area contributed by atoms with Crippen LogP contribution in [0.1, 0.15) is 12.5 Å². The molecule has 4 heteroatoms. The Bertz CT molecular complexity index is 548. The Balaban J connectivity index is 1.87. The van der Waals surface area contributed by atoms with Gasteiger partial charge in [-0.2, -0.15) is 0 Å². The highest BCUT2D eigenvalue weighted by Gasteiger charge is 2.07. The standard InChI is InChI=1S/C17H20BrNOS/c1-2-19-13-14-7-6-10-16(18)17(14)20-11-12-21-15-8-4-3-5-9-15/h3-10,19H,2,11-13H2,1H3. The maximum atomic E-state index is 5.98. The molecule has 1 N–H and O–H groups in total. The van der Waals surface area contributed by atoms with Gasteiger partial charge in [0.25, 0.3) is 0 Å². The van der Waals surface area contributed by atoms with E-state index < -0.39 is 0 Å². The molecule has 0 aliphatic carbocycles. The molecule has 0 aliphatic rings. The van der Waals surface area contributed by atoms with Crippen LogP contribution in [-0.4, -0.2) is 18.9 Å². The van der Waals surface area contributed by atoms with Crippen molar-refractivity contribution in [1.82, 2.24) is 5.32 Å². The first-order valence-corrected chi connectivity index (χ1v) is 8.88. The molecule has 0 fully saturated rings. The van der Waals surface area contributed by atoms with Gasteiger partial charge >= 0.3 is 0 Å². The largest absolute Gasteiger partial charge is 0.491 e. The van der Waals surface area contributed by atoms with Gasteiger partial charge < -0.3 is 10.1 Å². The average molecular weight is 366 g/mol. The molecule has 2 aromatic rings. The average Bonchev–Trinajstić information content (AvgIpc) is 2.52. The number of thioether (sulfide) groups is 1. The van der Waals surface area contributed by atoms with E-state index in [4.69, 9.17) is 4.74 Å². The highest BCUT2D eigenvalue weighted by Crippen LogP contribution is 2.29. The molecule has 2 aromatic carbocycles. The Labute approximate surface area is 139 Å². The fraction of sp³-hybridized carbons (Fsp3) is 0.294. The van der Waals surface area contributed by atoms with Gasteiger partial charge in [-0.05, 0) is 40.7 Å². The lowest BCUT2D eigenvalue weighted by Gasteiger charge is -2.13. The zero-order valence-corrected chi connectivity index (χ0v) is 14.5. The number of hydrogen-bond donors (Lipinski definition) is 1. The summed E-state index contributed by atoms with van der Waals surface area (Å²) in [6.07, 6.45) is 0. The lowest BCUT2D eigenvalue weighted by molar-refractivity contribution is 0.337. The third-order valence-corrected chi connectivity index (χ3v) is 4.56. The Morgan fingerprint density at radius 1 is 1.10 bits per heavy atom. The van der Waals surface area contributed by atoms with Crippen molar-refractivity contribution in [2.75, 3.05) is 18.9 Å². The first-order chi connectivity index (χ1) is 10.3. The molecule has 0 spiro atoms.